The fourth-order valence-corrected chi connectivity index (χ4v) is 4.08. The van der Waals surface area contributed by atoms with Gasteiger partial charge in [0.05, 0.1) is 12.5 Å². The third-order valence-electron chi connectivity index (χ3n) is 6.58. The first kappa shape index (κ1) is 31.8. The number of carbonyl (C=O) groups is 6. The number of hydrogen-bond donors (Lipinski definition) is 8. The van der Waals surface area contributed by atoms with E-state index in [1.165, 1.54) is 0 Å². The largest absolute Gasteiger partial charge is 0.480 e. The van der Waals surface area contributed by atoms with Gasteiger partial charge in [0, 0.05) is 29.9 Å². The second kappa shape index (κ2) is 14.6. The van der Waals surface area contributed by atoms with Gasteiger partial charge in [0.1, 0.15) is 18.1 Å². The lowest BCUT2D eigenvalue weighted by Crippen LogP contribution is -2.59. The summed E-state index contributed by atoms with van der Waals surface area (Å²) in [5.41, 5.74) is 17.5. The smallest absolute Gasteiger partial charge is 0.326 e. The van der Waals surface area contributed by atoms with Crippen LogP contribution in [0.3, 0.4) is 0 Å². The van der Waals surface area contributed by atoms with Crippen LogP contribution in [0.25, 0.3) is 10.9 Å². The highest BCUT2D eigenvalue weighted by Crippen LogP contribution is 2.19. The predicted octanol–water partition coefficient (Wildman–Crippen LogP) is -1.24. The van der Waals surface area contributed by atoms with Gasteiger partial charge in [-0.1, -0.05) is 38.5 Å². The Bertz CT molecular complexity index is 1240. The highest BCUT2D eigenvalue weighted by atomic mass is 16.4. The normalized spacial score (nSPS) is 14.8. The zero-order valence-corrected chi connectivity index (χ0v) is 22.4. The first-order valence-electron chi connectivity index (χ1n) is 12.8. The van der Waals surface area contributed by atoms with Crippen LogP contribution in [0.1, 0.15) is 45.1 Å². The number of aromatic nitrogens is 1. The number of nitrogens with one attached hydrogen (secondary N) is 4. The number of carbonyl (C=O) groups excluding carboxylic acids is 5. The number of benzene rings is 1. The molecule has 0 aliphatic carbocycles. The molecule has 1 aromatic carbocycles. The predicted molar refractivity (Wildman–Crippen MR) is 145 cm³/mol. The maximum atomic E-state index is 13.2. The zero-order chi connectivity index (χ0) is 30.0. The maximum Gasteiger partial charge on any atom is 0.326 e. The van der Waals surface area contributed by atoms with E-state index in [2.05, 4.69) is 20.9 Å². The third-order valence-corrected chi connectivity index (χ3v) is 6.58. The number of aromatic amines is 1. The average molecular weight is 560 g/mol. The summed E-state index contributed by atoms with van der Waals surface area (Å²) in [7, 11) is 0. The van der Waals surface area contributed by atoms with Crippen LogP contribution in [-0.4, -0.2) is 69.8 Å². The molecule has 5 amide bonds. The number of nitrogens with two attached hydrogens (primary N) is 3. The van der Waals surface area contributed by atoms with E-state index < -0.39 is 72.0 Å². The van der Waals surface area contributed by atoms with E-state index in [4.69, 9.17) is 17.2 Å². The number of carboxylic acid groups (broad SMARTS) is 1. The minimum absolute atomic E-state index is 0.0507. The van der Waals surface area contributed by atoms with Gasteiger partial charge in [-0.25, -0.2) is 4.79 Å². The Hall–Kier alpha value is -4.46. The Morgan fingerprint density at radius 3 is 2.17 bits per heavy atom. The molecule has 2 aromatic rings. The van der Waals surface area contributed by atoms with Crippen LogP contribution in [0.2, 0.25) is 0 Å². The number of primary amides is 2. The summed E-state index contributed by atoms with van der Waals surface area (Å²) in [5.74, 6) is -5.64. The summed E-state index contributed by atoms with van der Waals surface area (Å²) in [6.45, 7) is 3.46. The van der Waals surface area contributed by atoms with Crippen molar-refractivity contribution in [2.24, 2.45) is 23.1 Å². The molecule has 2 rings (SSSR count). The van der Waals surface area contributed by atoms with Gasteiger partial charge in [-0.15, -0.1) is 0 Å². The molecule has 11 N–H and O–H groups in total. The van der Waals surface area contributed by atoms with E-state index >= 15 is 0 Å². The van der Waals surface area contributed by atoms with Gasteiger partial charge in [-0.2, -0.15) is 0 Å². The Balaban J connectivity index is 2.22. The lowest BCUT2D eigenvalue weighted by Gasteiger charge is -2.27. The standard InChI is InChI=1S/C26H37N7O7/c1-3-13(2)22(33-23(36)16(27)11-21(29)35)25(38)31-18(8-9-20(28)34)24(37)32-19(26(39)40)10-14-12-30-17-7-5-4-6-15(14)17/h4-7,12-13,16,18-19,22,30H,3,8-11,27H2,1-2H3,(H2,28,34)(H2,29,35)(H,31,38)(H,32,37)(H,33,36)(H,39,40). The topological polar surface area (TPSA) is 253 Å². The summed E-state index contributed by atoms with van der Waals surface area (Å²) >= 11 is 0. The molecule has 0 aliphatic rings. The molecule has 0 radical (unpaired) electrons. The van der Waals surface area contributed by atoms with Crippen molar-refractivity contribution in [1.29, 1.82) is 0 Å². The van der Waals surface area contributed by atoms with Crippen molar-refractivity contribution in [1.82, 2.24) is 20.9 Å². The Morgan fingerprint density at radius 1 is 0.925 bits per heavy atom. The van der Waals surface area contributed by atoms with Crippen molar-refractivity contribution in [3.63, 3.8) is 0 Å². The molecule has 0 aliphatic heterocycles. The molecular weight excluding hydrogens is 522 g/mol. The summed E-state index contributed by atoms with van der Waals surface area (Å²) in [6.07, 6.45) is 1.13. The molecule has 14 nitrogen and oxygen atoms in total. The van der Waals surface area contributed by atoms with Crippen molar-refractivity contribution >= 4 is 46.4 Å². The van der Waals surface area contributed by atoms with Crippen LogP contribution in [-0.2, 0) is 35.2 Å². The highest BCUT2D eigenvalue weighted by Gasteiger charge is 2.33. The number of hydrogen-bond acceptors (Lipinski definition) is 7. The number of para-hydroxylation sites is 1. The molecule has 40 heavy (non-hydrogen) atoms. The maximum absolute atomic E-state index is 13.2. The van der Waals surface area contributed by atoms with Crippen LogP contribution in [0.4, 0.5) is 0 Å². The van der Waals surface area contributed by atoms with Gasteiger partial charge in [0.25, 0.3) is 0 Å². The second-order valence-corrected chi connectivity index (χ2v) is 9.68. The van der Waals surface area contributed by atoms with Crippen LogP contribution >= 0.6 is 0 Å². The van der Waals surface area contributed by atoms with Gasteiger partial charge >= 0.3 is 5.97 Å². The molecule has 0 saturated heterocycles. The molecule has 5 unspecified atom stereocenters. The van der Waals surface area contributed by atoms with Gasteiger partial charge in [-0.05, 0) is 24.0 Å². The fraction of sp³-hybridized carbons (Fsp3) is 0.462. The number of H-pyrrole nitrogens is 1. The number of fused-ring (bicyclic) bond motifs is 1. The van der Waals surface area contributed by atoms with Crippen LogP contribution in [0.5, 0.6) is 0 Å². The van der Waals surface area contributed by atoms with E-state index in [1.807, 2.05) is 18.2 Å². The highest BCUT2D eigenvalue weighted by molar-refractivity contribution is 5.95. The van der Waals surface area contributed by atoms with Crippen molar-refractivity contribution in [3.05, 3.63) is 36.0 Å². The number of carboxylic acids is 1. The number of amides is 5. The zero-order valence-electron chi connectivity index (χ0n) is 22.4. The Kier molecular flexibility index (Phi) is 11.6. The molecule has 0 spiro atoms. The van der Waals surface area contributed by atoms with E-state index in [-0.39, 0.29) is 19.3 Å². The average Bonchev–Trinajstić information content (AvgIpc) is 3.30. The fourth-order valence-electron chi connectivity index (χ4n) is 4.08. The molecule has 5 atom stereocenters. The molecule has 14 heteroatoms. The van der Waals surface area contributed by atoms with Crippen LogP contribution in [0, 0.1) is 5.92 Å². The van der Waals surface area contributed by atoms with Gasteiger partial charge in [-0.3, -0.25) is 24.0 Å². The minimum atomic E-state index is -1.35. The lowest BCUT2D eigenvalue weighted by atomic mass is 9.96. The summed E-state index contributed by atoms with van der Waals surface area (Å²) in [6, 6.07) is 2.15. The van der Waals surface area contributed by atoms with Crippen molar-refractivity contribution < 1.29 is 33.9 Å². The van der Waals surface area contributed by atoms with Gasteiger partial charge < -0.3 is 43.2 Å². The third kappa shape index (κ3) is 9.08. The molecule has 0 fully saturated rings. The SMILES string of the molecule is CCC(C)C(NC(=O)C(N)CC(N)=O)C(=O)NC(CCC(N)=O)C(=O)NC(Cc1c[nH]c2ccccc12)C(=O)O. The van der Waals surface area contributed by atoms with E-state index in [9.17, 15) is 33.9 Å². The molecule has 1 aromatic heterocycles. The van der Waals surface area contributed by atoms with Crippen molar-refractivity contribution in [3.8, 4) is 0 Å². The number of rotatable bonds is 16. The summed E-state index contributed by atoms with van der Waals surface area (Å²) in [5, 5.41) is 18.0. The van der Waals surface area contributed by atoms with Crippen LogP contribution < -0.4 is 33.2 Å². The monoisotopic (exact) mass is 559 g/mol. The van der Waals surface area contributed by atoms with Gasteiger partial charge in [0.2, 0.25) is 29.5 Å². The minimum Gasteiger partial charge on any atom is -0.480 e. The molecule has 0 saturated carbocycles. The number of aliphatic carboxylic acids is 1. The molecule has 218 valence electrons. The quantitative estimate of drug-likeness (QED) is 0.123. The van der Waals surface area contributed by atoms with E-state index in [0.29, 0.717) is 12.0 Å². The van der Waals surface area contributed by atoms with Crippen molar-refractivity contribution in [2.75, 3.05) is 0 Å². The van der Waals surface area contributed by atoms with E-state index in [0.717, 1.165) is 10.9 Å². The van der Waals surface area contributed by atoms with E-state index in [1.54, 1.807) is 26.1 Å². The van der Waals surface area contributed by atoms with Gasteiger partial charge in [0.15, 0.2) is 0 Å². The molecule has 0 bridgehead atoms. The van der Waals surface area contributed by atoms with Crippen molar-refractivity contribution in [2.45, 2.75) is 70.1 Å². The first-order chi connectivity index (χ1) is 18.8. The summed E-state index contributed by atoms with van der Waals surface area (Å²) < 4.78 is 0. The molecular formula is C26H37N7O7. The Morgan fingerprint density at radius 2 is 1.57 bits per heavy atom. The first-order valence-corrected chi connectivity index (χ1v) is 12.8. The lowest BCUT2D eigenvalue weighted by molar-refractivity contribution is -0.142. The second-order valence-electron chi connectivity index (χ2n) is 9.68. The summed E-state index contributed by atoms with van der Waals surface area (Å²) in [4.78, 5) is 76.6. The molecule has 1 heterocycles. The Labute approximate surface area is 230 Å². The van der Waals surface area contributed by atoms with Crippen LogP contribution in [0.15, 0.2) is 30.5 Å².